The van der Waals surface area contributed by atoms with Gasteiger partial charge in [-0.2, -0.15) is 0 Å². The maximum atomic E-state index is 12.9. The third kappa shape index (κ3) is 4.55. The number of carbonyl (C=O) groups excluding carboxylic acids is 2. The summed E-state index contributed by atoms with van der Waals surface area (Å²) in [6.07, 6.45) is 0. The van der Waals surface area contributed by atoms with Gasteiger partial charge in [-0.1, -0.05) is 12.1 Å². The van der Waals surface area contributed by atoms with Crippen molar-refractivity contribution < 1.29 is 23.1 Å². The van der Waals surface area contributed by atoms with Crippen LogP contribution in [0.25, 0.3) is 0 Å². The largest absolute Gasteiger partial charge is 0.484 e. The van der Waals surface area contributed by atoms with Gasteiger partial charge in [-0.15, -0.1) is 0 Å². The molecule has 0 atom stereocenters. The summed E-state index contributed by atoms with van der Waals surface area (Å²) in [6.45, 7) is -0.410. The van der Waals surface area contributed by atoms with Crippen molar-refractivity contribution in [3.63, 3.8) is 0 Å². The summed E-state index contributed by atoms with van der Waals surface area (Å²) in [7, 11) is 0. The van der Waals surface area contributed by atoms with Gasteiger partial charge in [-0.05, 0) is 30.3 Å². The predicted molar refractivity (Wildman–Crippen MR) is 73.9 cm³/mol. The van der Waals surface area contributed by atoms with Crippen molar-refractivity contribution in [1.29, 1.82) is 0 Å². The van der Waals surface area contributed by atoms with E-state index in [1.807, 2.05) is 0 Å². The molecule has 2 N–H and O–H groups in total. The average Bonchev–Trinajstić information content (AvgIpc) is 2.50. The maximum absolute atomic E-state index is 12.9. The van der Waals surface area contributed by atoms with E-state index in [1.165, 1.54) is 36.4 Å². The zero-order valence-electron chi connectivity index (χ0n) is 11.3. The highest BCUT2D eigenvalue weighted by atomic mass is 19.1. The molecule has 0 saturated carbocycles. The SMILES string of the molecule is O=C(COc1cccc(F)c1)NNC(=O)c1cccc(F)c1. The topological polar surface area (TPSA) is 67.4 Å². The van der Waals surface area contributed by atoms with E-state index >= 15 is 0 Å². The van der Waals surface area contributed by atoms with E-state index < -0.39 is 30.1 Å². The van der Waals surface area contributed by atoms with E-state index in [4.69, 9.17) is 4.74 Å². The lowest BCUT2D eigenvalue weighted by Crippen LogP contribution is -2.43. The minimum atomic E-state index is -0.668. The summed E-state index contributed by atoms with van der Waals surface area (Å²) >= 11 is 0. The van der Waals surface area contributed by atoms with E-state index in [-0.39, 0.29) is 11.3 Å². The fraction of sp³-hybridized carbons (Fsp3) is 0.0667. The monoisotopic (exact) mass is 306 g/mol. The molecule has 2 aromatic rings. The van der Waals surface area contributed by atoms with Crippen LogP contribution in [0, 0.1) is 11.6 Å². The van der Waals surface area contributed by atoms with Gasteiger partial charge in [0.05, 0.1) is 0 Å². The molecule has 0 spiro atoms. The van der Waals surface area contributed by atoms with Crippen LogP contribution >= 0.6 is 0 Å². The minimum Gasteiger partial charge on any atom is -0.484 e. The first-order chi connectivity index (χ1) is 10.5. The van der Waals surface area contributed by atoms with Crippen LogP contribution in [0.5, 0.6) is 5.75 Å². The van der Waals surface area contributed by atoms with Crippen LogP contribution in [0.15, 0.2) is 48.5 Å². The van der Waals surface area contributed by atoms with Gasteiger partial charge in [0.25, 0.3) is 11.8 Å². The molecular weight excluding hydrogens is 294 g/mol. The molecule has 0 unspecified atom stereocenters. The van der Waals surface area contributed by atoms with Gasteiger partial charge in [-0.25, -0.2) is 8.78 Å². The van der Waals surface area contributed by atoms with Crippen LogP contribution in [0.1, 0.15) is 10.4 Å². The second-order valence-corrected chi connectivity index (χ2v) is 4.26. The van der Waals surface area contributed by atoms with Crippen molar-refractivity contribution in [3.05, 3.63) is 65.7 Å². The van der Waals surface area contributed by atoms with E-state index in [2.05, 4.69) is 10.9 Å². The summed E-state index contributed by atoms with van der Waals surface area (Å²) in [6, 6.07) is 10.3. The first-order valence-corrected chi connectivity index (χ1v) is 6.28. The van der Waals surface area contributed by atoms with Crippen LogP contribution < -0.4 is 15.6 Å². The molecule has 2 aromatic carbocycles. The quantitative estimate of drug-likeness (QED) is 0.847. The highest BCUT2D eigenvalue weighted by Crippen LogP contribution is 2.11. The number of hydrogen-bond acceptors (Lipinski definition) is 3. The molecule has 0 aromatic heterocycles. The van der Waals surface area contributed by atoms with E-state index in [1.54, 1.807) is 0 Å². The van der Waals surface area contributed by atoms with Crippen LogP contribution in [0.2, 0.25) is 0 Å². The van der Waals surface area contributed by atoms with Gasteiger partial charge in [0.15, 0.2) is 6.61 Å². The number of rotatable bonds is 4. The minimum absolute atomic E-state index is 0.0614. The molecule has 0 saturated heterocycles. The Hall–Kier alpha value is -2.96. The molecule has 2 amide bonds. The van der Waals surface area contributed by atoms with E-state index in [0.717, 1.165) is 12.1 Å². The predicted octanol–water partition coefficient (Wildman–Crippen LogP) is 1.80. The third-order valence-electron chi connectivity index (χ3n) is 2.57. The standard InChI is InChI=1S/C15H12F2N2O3/c16-11-4-1-3-10(7-11)15(21)19-18-14(20)9-22-13-6-2-5-12(17)8-13/h1-8H,9H2,(H,18,20)(H,19,21). The fourth-order valence-corrected chi connectivity index (χ4v) is 1.57. The Labute approximate surface area is 124 Å². The van der Waals surface area contributed by atoms with Gasteiger partial charge in [0.1, 0.15) is 17.4 Å². The van der Waals surface area contributed by atoms with Crippen molar-refractivity contribution in [2.45, 2.75) is 0 Å². The number of ether oxygens (including phenoxy) is 1. The lowest BCUT2D eigenvalue weighted by atomic mass is 10.2. The molecule has 0 aliphatic rings. The summed E-state index contributed by atoms with van der Waals surface area (Å²) in [4.78, 5) is 23.1. The van der Waals surface area contributed by atoms with Gasteiger partial charge < -0.3 is 4.74 Å². The molecule has 0 fully saturated rings. The van der Waals surface area contributed by atoms with E-state index in [0.29, 0.717) is 0 Å². The average molecular weight is 306 g/mol. The molecule has 7 heteroatoms. The number of carbonyl (C=O) groups is 2. The zero-order chi connectivity index (χ0) is 15.9. The Bertz CT molecular complexity index is 692. The number of benzene rings is 2. The molecule has 22 heavy (non-hydrogen) atoms. The maximum Gasteiger partial charge on any atom is 0.276 e. The molecule has 0 aliphatic carbocycles. The second-order valence-electron chi connectivity index (χ2n) is 4.26. The molecule has 0 heterocycles. The van der Waals surface area contributed by atoms with Gasteiger partial charge in [-0.3, -0.25) is 20.4 Å². The summed E-state index contributed by atoms with van der Waals surface area (Å²) in [5, 5.41) is 0. The number of amides is 2. The van der Waals surface area contributed by atoms with Crippen LogP contribution in [-0.4, -0.2) is 18.4 Å². The Morgan fingerprint density at radius 2 is 1.64 bits per heavy atom. The molecule has 0 aliphatic heterocycles. The Balaban J connectivity index is 1.79. The first-order valence-electron chi connectivity index (χ1n) is 6.28. The van der Waals surface area contributed by atoms with Crippen molar-refractivity contribution in [2.75, 3.05) is 6.61 Å². The second kappa shape index (κ2) is 7.16. The molecule has 5 nitrogen and oxygen atoms in total. The van der Waals surface area contributed by atoms with Gasteiger partial charge in [0.2, 0.25) is 0 Å². The van der Waals surface area contributed by atoms with Crippen molar-refractivity contribution in [3.8, 4) is 5.75 Å². The Morgan fingerprint density at radius 3 is 2.32 bits per heavy atom. The molecule has 0 radical (unpaired) electrons. The van der Waals surface area contributed by atoms with Crippen LogP contribution in [0.3, 0.4) is 0 Å². The van der Waals surface area contributed by atoms with E-state index in [9.17, 15) is 18.4 Å². The van der Waals surface area contributed by atoms with Crippen molar-refractivity contribution in [1.82, 2.24) is 10.9 Å². The number of hydrazine groups is 1. The number of hydrogen-bond donors (Lipinski definition) is 2. The molecule has 114 valence electrons. The Morgan fingerprint density at radius 1 is 0.955 bits per heavy atom. The normalized spacial score (nSPS) is 9.91. The van der Waals surface area contributed by atoms with Crippen molar-refractivity contribution >= 4 is 11.8 Å². The first kappa shape index (κ1) is 15.4. The number of halogens is 2. The summed E-state index contributed by atoms with van der Waals surface area (Å²) < 4.78 is 30.9. The summed E-state index contributed by atoms with van der Waals surface area (Å²) in [5.74, 6) is -2.18. The fourth-order valence-electron chi connectivity index (χ4n) is 1.57. The molecule has 0 bridgehead atoms. The van der Waals surface area contributed by atoms with Crippen LogP contribution in [-0.2, 0) is 4.79 Å². The third-order valence-corrected chi connectivity index (χ3v) is 2.57. The summed E-state index contributed by atoms with van der Waals surface area (Å²) in [5.41, 5.74) is 4.28. The lowest BCUT2D eigenvalue weighted by molar-refractivity contribution is -0.123. The van der Waals surface area contributed by atoms with Crippen LogP contribution in [0.4, 0.5) is 8.78 Å². The van der Waals surface area contributed by atoms with Gasteiger partial charge in [0, 0.05) is 11.6 Å². The smallest absolute Gasteiger partial charge is 0.276 e. The van der Waals surface area contributed by atoms with Gasteiger partial charge >= 0.3 is 0 Å². The zero-order valence-corrected chi connectivity index (χ0v) is 11.3. The Kier molecular flexibility index (Phi) is 5.02. The number of nitrogens with one attached hydrogen (secondary N) is 2. The highest BCUT2D eigenvalue weighted by Gasteiger charge is 2.08. The van der Waals surface area contributed by atoms with Crippen molar-refractivity contribution in [2.24, 2.45) is 0 Å². The molecule has 2 rings (SSSR count). The molecular formula is C15H12F2N2O3. The lowest BCUT2D eigenvalue weighted by Gasteiger charge is -2.09. The highest BCUT2D eigenvalue weighted by molar-refractivity contribution is 5.95.